The number of ether oxygens (including phenoxy) is 3. The van der Waals surface area contributed by atoms with Crippen LogP contribution in [0.4, 0.5) is 0 Å². The van der Waals surface area contributed by atoms with E-state index < -0.39 is 51.2 Å². The van der Waals surface area contributed by atoms with Crippen LogP contribution in [0, 0.1) is 6.92 Å². The molecule has 0 saturated carbocycles. The first-order chi connectivity index (χ1) is 19.0. The zero-order valence-corrected chi connectivity index (χ0v) is 23.3. The molecule has 0 N–H and O–H groups in total. The first kappa shape index (κ1) is 27.9. The standard InChI is InChI=1S/C28H32O9S2/c1-22-13-15-25(16-14-22)39(31,32)36-21-28(20-33-17-23-9-5-3-6-10-23)27(26(19-35-28)37-38(2,29)30)34-18-24-11-7-4-8-12-24/h3-16,26-27H,17-21H2,1-2H3/t26-,27?,28-/m1/s1/i19T/t19-,26+,27?,28+/m0. The summed E-state index contributed by atoms with van der Waals surface area (Å²) >= 11 is 0. The minimum absolute atomic E-state index is 0.0103. The fourth-order valence-corrected chi connectivity index (χ4v) is 5.57. The quantitative estimate of drug-likeness (QED) is 0.281. The van der Waals surface area contributed by atoms with E-state index in [0.29, 0.717) is 0 Å². The maximum Gasteiger partial charge on any atom is 0.297 e. The Bertz CT molecular complexity index is 1450. The van der Waals surface area contributed by atoms with Gasteiger partial charge in [-0.3, -0.25) is 8.37 Å². The molecule has 4 atom stereocenters. The van der Waals surface area contributed by atoms with Gasteiger partial charge in [0, 0.05) is 0 Å². The second kappa shape index (κ2) is 12.7. The molecular formula is C28H32O9S2. The molecule has 3 aromatic rings. The molecule has 1 saturated heterocycles. The molecule has 0 amide bonds. The van der Waals surface area contributed by atoms with Crippen molar-refractivity contribution >= 4 is 20.2 Å². The van der Waals surface area contributed by atoms with Crippen molar-refractivity contribution in [1.82, 2.24) is 0 Å². The average molecular weight is 579 g/mol. The van der Waals surface area contributed by atoms with Gasteiger partial charge in [-0.1, -0.05) is 78.4 Å². The molecule has 9 nitrogen and oxygen atoms in total. The minimum Gasteiger partial charge on any atom is -0.374 e. The molecule has 0 radical (unpaired) electrons. The van der Waals surface area contributed by atoms with Crippen molar-refractivity contribution in [2.45, 2.75) is 42.8 Å². The summed E-state index contributed by atoms with van der Waals surface area (Å²) in [6.07, 6.45) is -1.79. The summed E-state index contributed by atoms with van der Waals surface area (Å²) in [6.45, 7) is -0.450. The van der Waals surface area contributed by atoms with Crippen LogP contribution in [-0.2, 0) is 56.0 Å². The Morgan fingerprint density at radius 1 is 0.872 bits per heavy atom. The molecule has 0 bridgehead atoms. The highest BCUT2D eigenvalue weighted by molar-refractivity contribution is 7.86. The van der Waals surface area contributed by atoms with E-state index in [4.69, 9.17) is 23.9 Å². The molecule has 11 heteroatoms. The molecule has 0 aliphatic carbocycles. The highest BCUT2D eigenvalue weighted by Crippen LogP contribution is 2.35. The molecule has 39 heavy (non-hydrogen) atoms. The second-order valence-electron chi connectivity index (χ2n) is 9.31. The lowest BCUT2D eigenvalue weighted by molar-refractivity contribution is -0.153. The van der Waals surface area contributed by atoms with Gasteiger partial charge in [0.05, 0.1) is 38.9 Å². The lowest BCUT2D eigenvalue weighted by Crippen LogP contribution is -2.53. The summed E-state index contributed by atoms with van der Waals surface area (Å²) in [6, 6.07) is 24.5. The summed E-state index contributed by atoms with van der Waals surface area (Å²) in [5.41, 5.74) is 0.776. The van der Waals surface area contributed by atoms with Crippen molar-refractivity contribution in [3.63, 3.8) is 0 Å². The Balaban J connectivity index is 1.65. The molecule has 1 aliphatic rings. The fraction of sp³-hybridized carbons (Fsp3) is 0.357. The Labute approximate surface area is 231 Å². The van der Waals surface area contributed by atoms with Crippen LogP contribution >= 0.6 is 0 Å². The van der Waals surface area contributed by atoms with E-state index in [0.717, 1.165) is 22.9 Å². The summed E-state index contributed by atoms with van der Waals surface area (Å²) in [5.74, 6) is 0. The summed E-state index contributed by atoms with van der Waals surface area (Å²) in [7, 11) is -8.29. The second-order valence-corrected chi connectivity index (χ2v) is 12.5. The largest absolute Gasteiger partial charge is 0.374 e. The summed E-state index contributed by atoms with van der Waals surface area (Å²) in [4.78, 5) is -0.0652. The molecule has 0 aromatic heterocycles. The topological polar surface area (TPSA) is 114 Å². The maximum absolute atomic E-state index is 13.1. The van der Waals surface area contributed by atoms with Gasteiger partial charge in [0.1, 0.15) is 24.4 Å². The van der Waals surface area contributed by atoms with Gasteiger partial charge >= 0.3 is 0 Å². The predicted molar refractivity (Wildman–Crippen MR) is 144 cm³/mol. The van der Waals surface area contributed by atoms with Gasteiger partial charge in [-0.2, -0.15) is 16.8 Å². The maximum atomic E-state index is 13.1. The lowest BCUT2D eigenvalue weighted by Gasteiger charge is -2.34. The first-order valence-corrected chi connectivity index (χ1v) is 15.4. The molecule has 1 aliphatic heterocycles. The van der Waals surface area contributed by atoms with E-state index in [2.05, 4.69) is 0 Å². The third-order valence-corrected chi connectivity index (χ3v) is 7.89. The van der Waals surface area contributed by atoms with Crippen molar-refractivity contribution in [1.29, 1.82) is 0 Å². The van der Waals surface area contributed by atoms with E-state index in [1.807, 2.05) is 67.6 Å². The van der Waals surface area contributed by atoms with Crippen molar-refractivity contribution in [2.24, 2.45) is 0 Å². The zero-order chi connectivity index (χ0) is 28.8. The SMILES string of the molecule is [3H][C@@H]1O[C@](COCc2ccccc2)(COS(=O)(=O)c2ccc(C)cc2)C(OCc2ccccc2)[C@@H]1OS(C)(=O)=O. The van der Waals surface area contributed by atoms with Gasteiger partial charge in [0.25, 0.3) is 20.2 Å². The third-order valence-electron chi connectivity index (χ3n) is 6.04. The average Bonchev–Trinajstić information content (AvgIpc) is 3.17. The smallest absolute Gasteiger partial charge is 0.297 e. The van der Waals surface area contributed by atoms with Crippen molar-refractivity contribution in [3.05, 3.63) is 102 Å². The first-order valence-electron chi connectivity index (χ1n) is 12.8. The lowest BCUT2D eigenvalue weighted by atomic mass is 9.97. The van der Waals surface area contributed by atoms with Crippen molar-refractivity contribution in [3.8, 4) is 0 Å². The highest BCUT2D eigenvalue weighted by atomic mass is 32.2. The van der Waals surface area contributed by atoms with E-state index in [1.54, 1.807) is 12.1 Å². The monoisotopic (exact) mass is 578 g/mol. The van der Waals surface area contributed by atoms with E-state index in [1.165, 1.54) is 12.1 Å². The van der Waals surface area contributed by atoms with Crippen LogP contribution < -0.4 is 0 Å². The van der Waals surface area contributed by atoms with Gasteiger partial charge in [-0.05, 0) is 30.2 Å². The number of rotatable bonds is 13. The molecule has 210 valence electrons. The van der Waals surface area contributed by atoms with E-state index in [9.17, 15) is 16.8 Å². The molecular weight excluding hydrogens is 544 g/mol. The Hall–Kier alpha value is -2.64. The Morgan fingerprint density at radius 3 is 2.05 bits per heavy atom. The molecule has 3 aromatic carbocycles. The van der Waals surface area contributed by atoms with Gasteiger partial charge in [0.2, 0.25) is 0 Å². The van der Waals surface area contributed by atoms with Gasteiger partial charge < -0.3 is 14.2 Å². The van der Waals surface area contributed by atoms with E-state index >= 15 is 0 Å². The Kier molecular flexibility index (Phi) is 9.08. The van der Waals surface area contributed by atoms with Crippen LogP contribution in [0.1, 0.15) is 18.1 Å². The third kappa shape index (κ3) is 8.18. The number of hydrogen-bond donors (Lipinski definition) is 0. The normalized spacial score (nSPS) is 23.9. The van der Waals surface area contributed by atoms with E-state index in [-0.39, 0.29) is 24.7 Å². The Morgan fingerprint density at radius 2 is 1.46 bits per heavy atom. The van der Waals surface area contributed by atoms with Gasteiger partial charge in [0.15, 0.2) is 0 Å². The summed E-state index contributed by atoms with van der Waals surface area (Å²) in [5, 5.41) is 0. The molecule has 1 unspecified atom stereocenters. The highest BCUT2D eigenvalue weighted by Gasteiger charge is 2.54. The van der Waals surface area contributed by atoms with Gasteiger partial charge in [-0.25, -0.2) is 0 Å². The minimum atomic E-state index is -4.25. The van der Waals surface area contributed by atoms with Crippen LogP contribution in [0.15, 0.2) is 89.8 Å². The number of benzene rings is 3. The number of hydrogen-bond acceptors (Lipinski definition) is 9. The van der Waals surface area contributed by atoms with Crippen LogP contribution in [0.5, 0.6) is 0 Å². The summed E-state index contributed by atoms with van der Waals surface area (Å²) < 4.78 is 87.6. The zero-order valence-electron chi connectivity index (χ0n) is 22.6. The molecule has 1 heterocycles. The van der Waals surface area contributed by atoms with Crippen LogP contribution in [0.25, 0.3) is 0 Å². The fourth-order valence-electron chi connectivity index (χ4n) is 4.06. The molecule has 4 rings (SSSR count). The van der Waals surface area contributed by atoms with Crippen LogP contribution in [0.2, 0.25) is 0 Å². The molecule has 0 spiro atoms. The van der Waals surface area contributed by atoms with Crippen molar-refractivity contribution < 1.29 is 40.8 Å². The molecule has 1 fully saturated rings. The number of aryl methyl sites for hydroxylation is 1. The predicted octanol–water partition coefficient (Wildman–Crippen LogP) is 3.62. The van der Waals surface area contributed by atoms with Crippen molar-refractivity contribution in [2.75, 3.05) is 26.1 Å². The van der Waals surface area contributed by atoms with Crippen LogP contribution in [-0.4, -0.2) is 60.7 Å². The van der Waals surface area contributed by atoms with Gasteiger partial charge in [-0.15, -0.1) is 0 Å². The van der Waals surface area contributed by atoms with Crippen LogP contribution in [0.3, 0.4) is 0 Å².